The summed E-state index contributed by atoms with van der Waals surface area (Å²) in [5.41, 5.74) is -2.34. The summed E-state index contributed by atoms with van der Waals surface area (Å²) < 4.78 is 41.2. The highest BCUT2D eigenvalue weighted by molar-refractivity contribution is 7.52. The Kier molecular flexibility index (Phi) is 14.3. The number of imide groups is 1. The van der Waals surface area contributed by atoms with Crippen molar-refractivity contribution < 1.29 is 56.7 Å². The van der Waals surface area contributed by atoms with Crippen LogP contribution in [0.2, 0.25) is 0 Å². The van der Waals surface area contributed by atoms with Gasteiger partial charge in [-0.2, -0.15) is 8.78 Å². The molecule has 3 aromatic carbocycles. The maximum Gasteiger partial charge on any atom is 0.399 e. The van der Waals surface area contributed by atoms with Gasteiger partial charge in [0.05, 0.1) is 4.88 Å². The number of halogens is 2. The molecule has 0 aliphatic carbocycles. The van der Waals surface area contributed by atoms with Crippen LogP contribution < -0.4 is 10.6 Å². The van der Waals surface area contributed by atoms with Crippen molar-refractivity contribution in [1.82, 2.24) is 30.2 Å². The van der Waals surface area contributed by atoms with E-state index in [4.69, 9.17) is 0 Å². The minimum absolute atomic E-state index is 0.0430. The van der Waals surface area contributed by atoms with E-state index in [-0.39, 0.29) is 84.7 Å². The number of hydrogen-bond donors (Lipinski definition) is 4. The molecule has 6 heterocycles. The van der Waals surface area contributed by atoms with E-state index in [9.17, 15) is 56.7 Å². The first-order valence-electron chi connectivity index (χ1n) is 24.0. The lowest BCUT2D eigenvalue weighted by Crippen LogP contribution is -2.61. The Bertz CT molecular complexity index is 2920. The van der Waals surface area contributed by atoms with Gasteiger partial charge in [0.2, 0.25) is 29.5 Å². The summed E-state index contributed by atoms with van der Waals surface area (Å²) in [6, 6.07) is 16.5. The number of nitrogens with zero attached hydrogens (tertiary/aromatic N) is 4. The summed E-state index contributed by atoms with van der Waals surface area (Å²) in [6.07, 6.45) is 5.12. The van der Waals surface area contributed by atoms with Crippen molar-refractivity contribution in [3.63, 3.8) is 0 Å². The van der Waals surface area contributed by atoms with Crippen LogP contribution in [0, 0.1) is 11.8 Å². The van der Waals surface area contributed by atoms with E-state index in [0.717, 1.165) is 41.0 Å². The maximum atomic E-state index is 14.8. The molecule has 20 heteroatoms. The lowest BCUT2D eigenvalue weighted by molar-refractivity contribution is -0.148. The Morgan fingerprint density at radius 2 is 1.66 bits per heavy atom. The highest BCUT2D eigenvalue weighted by atomic mass is 32.1. The van der Waals surface area contributed by atoms with Crippen molar-refractivity contribution in [2.75, 3.05) is 26.2 Å². The molecule has 5 atom stereocenters. The zero-order valence-electron chi connectivity index (χ0n) is 38.7. The van der Waals surface area contributed by atoms with Gasteiger partial charge in [-0.05, 0) is 91.8 Å². The number of carbonyl (C=O) groups is 7. The lowest BCUT2D eigenvalue weighted by Gasteiger charge is -2.39. The number of fused-ring (bicyclic) bond motifs is 3. The van der Waals surface area contributed by atoms with Crippen molar-refractivity contribution in [3.8, 4) is 11.8 Å². The Balaban J connectivity index is 0.855. The fraction of sp³-hybridized carbons (Fsp3) is 0.431. The van der Waals surface area contributed by atoms with Gasteiger partial charge in [0.15, 0.2) is 0 Å². The Hall–Kier alpha value is -6.32. The fourth-order valence-electron chi connectivity index (χ4n) is 10.5. The van der Waals surface area contributed by atoms with Crippen molar-refractivity contribution in [2.24, 2.45) is 0 Å². The molecule has 0 radical (unpaired) electrons. The van der Waals surface area contributed by atoms with Crippen LogP contribution in [-0.4, -0.2) is 121 Å². The average molecular weight is 1010 g/mol. The van der Waals surface area contributed by atoms with Crippen molar-refractivity contribution >= 4 is 70.4 Å². The molecule has 71 heavy (non-hydrogen) atoms. The molecular weight excluding hydrogens is 958 g/mol. The van der Waals surface area contributed by atoms with E-state index in [1.54, 1.807) is 21.9 Å². The van der Waals surface area contributed by atoms with Gasteiger partial charge in [-0.3, -0.25) is 43.4 Å². The zero-order valence-corrected chi connectivity index (χ0v) is 40.4. The lowest BCUT2D eigenvalue weighted by atomic mass is 9.99. The molecule has 16 nitrogen and oxygen atoms in total. The van der Waals surface area contributed by atoms with Gasteiger partial charge >= 0.3 is 13.3 Å². The number of rotatable bonds is 12. The van der Waals surface area contributed by atoms with Crippen LogP contribution in [0.5, 0.6) is 0 Å². The van der Waals surface area contributed by atoms with Gasteiger partial charge in [0.25, 0.3) is 11.8 Å². The van der Waals surface area contributed by atoms with Crippen LogP contribution in [-0.2, 0) is 40.7 Å². The molecule has 7 amide bonds. The van der Waals surface area contributed by atoms with E-state index in [1.807, 2.05) is 41.3 Å². The van der Waals surface area contributed by atoms with Crippen molar-refractivity contribution in [1.29, 1.82) is 0 Å². The van der Waals surface area contributed by atoms with Gasteiger partial charge in [0, 0.05) is 85.3 Å². The van der Waals surface area contributed by atoms with Gasteiger partial charge in [-0.15, -0.1) is 11.3 Å². The van der Waals surface area contributed by atoms with E-state index >= 15 is 0 Å². The third-order valence-electron chi connectivity index (χ3n) is 14.4. The molecule has 372 valence electrons. The summed E-state index contributed by atoms with van der Waals surface area (Å²) in [6.45, 7) is 1.36. The summed E-state index contributed by atoms with van der Waals surface area (Å²) in [5.74, 6) is 3.80. The van der Waals surface area contributed by atoms with Gasteiger partial charge < -0.3 is 34.7 Å². The summed E-state index contributed by atoms with van der Waals surface area (Å²) >= 11 is 0.942. The largest absolute Gasteiger partial charge is 0.399 e. The highest BCUT2D eigenvalue weighted by Gasteiger charge is 2.51. The molecular formula is C51H53F2N6O10PS. The predicted molar refractivity (Wildman–Crippen MR) is 257 cm³/mol. The number of hydrogen-bond acceptors (Lipinski definition) is 9. The van der Waals surface area contributed by atoms with Crippen LogP contribution in [0.1, 0.15) is 119 Å². The van der Waals surface area contributed by atoms with Gasteiger partial charge in [-0.25, -0.2) is 0 Å². The molecule has 0 bridgehead atoms. The molecule has 4 fully saturated rings. The molecule has 4 N–H and O–H groups in total. The van der Waals surface area contributed by atoms with Gasteiger partial charge in [-0.1, -0.05) is 60.7 Å². The van der Waals surface area contributed by atoms with E-state index in [0.29, 0.717) is 73.9 Å². The molecule has 0 spiro atoms. The van der Waals surface area contributed by atoms with Crippen molar-refractivity contribution in [2.45, 2.75) is 113 Å². The molecule has 2 unspecified atom stereocenters. The van der Waals surface area contributed by atoms with Crippen LogP contribution in [0.4, 0.5) is 8.78 Å². The quantitative estimate of drug-likeness (QED) is 0.0597. The minimum atomic E-state index is -5.86. The number of alkyl halides is 2. The van der Waals surface area contributed by atoms with E-state index in [2.05, 4.69) is 22.5 Å². The number of thiophene rings is 1. The maximum absolute atomic E-state index is 14.8. The number of piperidine rings is 1. The number of carbonyl (C=O) groups excluding carboxylic acids is 7. The number of benzene rings is 3. The summed E-state index contributed by atoms with van der Waals surface area (Å²) in [7, 11) is -5.86. The first-order chi connectivity index (χ1) is 34.0. The predicted octanol–water partition coefficient (Wildman–Crippen LogP) is 5.60. The molecule has 5 aliphatic rings. The first kappa shape index (κ1) is 49.7. The third-order valence-corrected chi connectivity index (χ3v) is 16.5. The molecule has 1 aromatic heterocycles. The highest BCUT2D eigenvalue weighted by Crippen LogP contribution is 2.59. The second-order valence-electron chi connectivity index (χ2n) is 18.9. The summed E-state index contributed by atoms with van der Waals surface area (Å²) in [4.78, 5) is 120. The normalized spacial score (nSPS) is 22.7. The van der Waals surface area contributed by atoms with E-state index < -0.39 is 54.7 Å². The van der Waals surface area contributed by atoms with Crippen molar-refractivity contribution in [3.05, 3.63) is 105 Å². The molecule has 5 aliphatic heterocycles. The Morgan fingerprint density at radius 1 is 0.873 bits per heavy atom. The number of nitrogens with one attached hydrogen (secondary N) is 2. The monoisotopic (exact) mass is 1010 g/mol. The van der Waals surface area contributed by atoms with Crippen LogP contribution in [0.15, 0.2) is 72.8 Å². The second-order valence-corrected chi connectivity index (χ2v) is 21.6. The molecule has 0 saturated carbocycles. The van der Waals surface area contributed by atoms with Crippen LogP contribution in [0.3, 0.4) is 0 Å². The molecule has 4 saturated heterocycles. The summed E-state index contributed by atoms with van der Waals surface area (Å²) in [5, 5.41) is 5.26. The third kappa shape index (κ3) is 10.3. The number of amides is 7. The van der Waals surface area contributed by atoms with Gasteiger partial charge in [0.1, 0.15) is 18.1 Å². The number of likely N-dealkylation sites (tertiary alicyclic amines) is 1. The molecule has 4 aromatic rings. The fourth-order valence-corrected chi connectivity index (χ4v) is 12.0. The topological polar surface area (TPSA) is 214 Å². The van der Waals surface area contributed by atoms with Crippen LogP contribution in [0.25, 0.3) is 10.1 Å². The first-order valence-corrected chi connectivity index (χ1v) is 26.4. The minimum Gasteiger partial charge on any atom is -0.340 e. The SMILES string of the molecule is O=C1CCC(N2Cc3c(C#CCCCCCC(=O)N4CC[C@H]5CC[C@@H](C(=O)N6CCC(c7ccccc7)C6)N5C(=O)[C@@H](NC(=O)c5cc6cc(C(F)(F)P(=O)(O)O)ccc6s5)C4)cccc3C2=O)C(=O)N1. The van der Waals surface area contributed by atoms with Crippen LogP contribution >= 0.6 is 18.9 Å². The Labute approximate surface area is 412 Å². The average Bonchev–Trinajstić information content (AvgIpc) is 4.17. The second kappa shape index (κ2) is 20.4. The number of unbranched alkanes of at least 4 members (excludes halogenated alkanes) is 3. The smallest absolute Gasteiger partial charge is 0.340 e. The Morgan fingerprint density at radius 3 is 2.44 bits per heavy atom. The zero-order chi connectivity index (χ0) is 50.2. The standard InChI is InChI=1S/C51H53F2N6O10PS/c52-51(53,70(67,68)69)35-16-20-42-34(26-35)27-43(71-42)47(63)54-39-30-56(25-23-36-17-18-41(59(36)49(39)65)50(66)57-24-22-33(28-57)31-10-6-4-7-11-31)45(61)15-8-3-1-2-5-12-32-13-9-14-37-38(32)29-58(48(37)64)40-19-21-44(60)55-46(40)62/h4,6-7,9-11,13-14,16,20,26-27,33,36,39-41H,1-3,8,15,17-19,21-25,28-30H2,(H,54,63)(H,55,60,62)(H2,67,68,69)/t33?,36-,39+,40?,41+/m1/s1. The molecule has 9 rings (SSSR count). The van der Waals surface area contributed by atoms with E-state index in [1.165, 1.54) is 17.0 Å².